The molecule has 0 radical (unpaired) electrons. The summed E-state index contributed by atoms with van der Waals surface area (Å²) in [5, 5.41) is 10.3. The fourth-order valence-corrected chi connectivity index (χ4v) is 5.05. The van der Waals surface area contributed by atoms with E-state index in [0.717, 1.165) is 36.9 Å². The van der Waals surface area contributed by atoms with Crippen LogP contribution in [0.3, 0.4) is 0 Å². The highest BCUT2D eigenvalue weighted by Crippen LogP contribution is 2.30. The number of hydrogen-bond acceptors (Lipinski definition) is 5. The topological polar surface area (TPSA) is 77.9 Å². The molecule has 21 heavy (non-hydrogen) atoms. The number of piperazine rings is 1. The van der Waals surface area contributed by atoms with Crippen LogP contribution in [-0.2, 0) is 10.0 Å². The van der Waals surface area contributed by atoms with E-state index in [1.165, 1.54) is 28.6 Å². The third kappa shape index (κ3) is 3.28. The summed E-state index contributed by atoms with van der Waals surface area (Å²) in [6.07, 6.45) is 2.59. The van der Waals surface area contributed by atoms with Gasteiger partial charge in [0, 0.05) is 38.1 Å². The summed E-state index contributed by atoms with van der Waals surface area (Å²) in [7, 11) is -3.56. The maximum absolute atomic E-state index is 12.5. The van der Waals surface area contributed by atoms with E-state index in [0.29, 0.717) is 13.1 Å². The zero-order valence-electron chi connectivity index (χ0n) is 11.6. The number of aromatic carboxylic acids is 1. The van der Waals surface area contributed by atoms with Crippen molar-refractivity contribution in [2.45, 2.75) is 17.7 Å². The number of hydrogen-bond donors (Lipinski definition) is 1. The number of carbonyl (C=O) groups is 1. The van der Waals surface area contributed by atoms with Crippen molar-refractivity contribution in [3.8, 4) is 0 Å². The Bertz CT molecular complexity index is 628. The average Bonchev–Trinajstić information content (AvgIpc) is 3.10. The van der Waals surface area contributed by atoms with Crippen LogP contribution in [0.15, 0.2) is 16.3 Å². The van der Waals surface area contributed by atoms with Crippen molar-refractivity contribution in [3.63, 3.8) is 0 Å². The minimum absolute atomic E-state index is 0.0564. The van der Waals surface area contributed by atoms with Gasteiger partial charge in [0.05, 0.1) is 4.90 Å². The summed E-state index contributed by atoms with van der Waals surface area (Å²) in [5.41, 5.74) is 0. The lowest BCUT2D eigenvalue weighted by atomic mass is 10.3. The van der Waals surface area contributed by atoms with Crippen LogP contribution in [0.1, 0.15) is 22.5 Å². The first-order valence-corrected chi connectivity index (χ1v) is 9.33. The first-order valence-electron chi connectivity index (χ1n) is 7.01. The molecule has 1 aliphatic carbocycles. The lowest BCUT2D eigenvalue weighted by molar-refractivity contribution is 0.0702. The molecule has 0 unspecified atom stereocenters. The van der Waals surface area contributed by atoms with Gasteiger partial charge in [0.2, 0.25) is 10.0 Å². The smallest absolute Gasteiger partial charge is 0.345 e. The SMILES string of the molecule is O=C(O)c1cc(S(=O)(=O)N2CCN(CC3CC3)CC2)cs1. The second-order valence-corrected chi connectivity index (χ2v) is 8.45. The van der Waals surface area contributed by atoms with Gasteiger partial charge in [-0.25, -0.2) is 13.2 Å². The molecule has 6 nitrogen and oxygen atoms in total. The van der Waals surface area contributed by atoms with Crippen molar-refractivity contribution in [2.24, 2.45) is 5.92 Å². The molecule has 2 fully saturated rings. The van der Waals surface area contributed by atoms with Crippen molar-refractivity contribution >= 4 is 27.3 Å². The quantitative estimate of drug-likeness (QED) is 0.877. The maximum atomic E-state index is 12.5. The lowest BCUT2D eigenvalue weighted by Gasteiger charge is -2.33. The molecule has 0 aromatic carbocycles. The van der Waals surface area contributed by atoms with Crippen LogP contribution >= 0.6 is 11.3 Å². The van der Waals surface area contributed by atoms with E-state index < -0.39 is 16.0 Å². The van der Waals surface area contributed by atoms with Crippen LogP contribution in [-0.4, -0.2) is 61.4 Å². The lowest BCUT2D eigenvalue weighted by Crippen LogP contribution is -2.48. The summed E-state index contributed by atoms with van der Waals surface area (Å²) < 4.78 is 26.4. The molecule has 1 aromatic rings. The third-order valence-electron chi connectivity index (χ3n) is 3.97. The van der Waals surface area contributed by atoms with E-state index in [9.17, 15) is 13.2 Å². The van der Waals surface area contributed by atoms with Crippen LogP contribution < -0.4 is 0 Å². The molecule has 0 amide bonds. The Morgan fingerprint density at radius 2 is 1.95 bits per heavy atom. The fourth-order valence-electron chi connectivity index (χ4n) is 2.53. The largest absolute Gasteiger partial charge is 0.477 e. The Hall–Kier alpha value is -0.960. The van der Waals surface area contributed by atoms with Crippen LogP contribution in [0.2, 0.25) is 0 Å². The van der Waals surface area contributed by atoms with Gasteiger partial charge >= 0.3 is 5.97 Å². The van der Waals surface area contributed by atoms with Crippen LogP contribution in [0, 0.1) is 5.92 Å². The molecule has 116 valence electrons. The molecule has 1 N–H and O–H groups in total. The van der Waals surface area contributed by atoms with Gasteiger partial charge in [-0.15, -0.1) is 11.3 Å². The zero-order valence-corrected chi connectivity index (χ0v) is 13.2. The predicted molar refractivity (Wildman–Crippen MR) is 79.2 cm³/mol. The van der Waals surface area contributed by atoms with E-state index in [1.54, 1.807) is 0 Å². The van der Waals surface area contributed by atoms with Gasteiger partial charge in [0.15, 0.2) is 0 Å². The number of sulfonamides is 1. The number of nitrogens with zero attached hydrogens (tertiary/aromatic N) is 2. The minimum atomic E-state index is -3.56. The summed E-state index contributed by atoms with van der Waals surface area (Å²) in [5.74, 6) is -0.279. The fraction of sp³-hybridized carbons (Fsp3) is 0.615. The third-order valence-corrected chi connectivity index (χ3v) is 6.91. The van der Waals surface area contributed by atoms with E-state index in [4.69, 9.17) is 5.11 Å². The summed E-state index contributed by atoms with van der Waals surface area (Å²) in [4.78, 5) is 13.3. The Balaban J connectivity index is 1.66. The van der Waals surface area contributed by atoms with Gasteiger partial charge in [-0.1, -0.05) is 0 Å². The summed E-state index contributed by atoms with van der Waals surface area (Å²) in [6, 6.07) is 1.25. The van der Waals surface area contributed by atoms with E-state index in [2.05, 4.69) is 4.90 Å². The molecule has 2 heterocycles. The van der Waals surface area contributed by atoms with Gasteiger partial charge in [0.1, 0.15) is 4.88 Å². The van der Waals surface area contributed by atoms with Crippen molar-refractivity contribution < 1.29 is 18.3 Å². The molecule has 2 aliphatic rings. The summed E-state index contributed by atoms with van der Waals surface area (Å²) in [6.45, 7) is 3.55. The van der Waals surface area contributed by atoms with Crippen molar-refractivity contribution in [1.29, 1.82) is 0 Å². The Labute approximate surface area is 128 Å². The first kappa shape index (κ1) is 15.0. The highest BCUT2D eigenvalue weighted by molar-refractivity contribution is 7.89. The van der Waals surface area contributed by atoms with E-state index >= 15 is 0 Å². The van der Waals surface area contributed by atoms with Gasteiger partial charge in [-0.05, 0) is 24.8 Å². The van der Waals surface area contributed by atoms with Gasteiger partial charge in [-0.2, -0.15) is 4.31 Å². The Morgan fingerprint density at radius 3 is 2.48 bits per heavy atom. The highest BCUT2D eigenvalue weighted by Gasteiger charge is 2.32. The molecular weight excluding hydrogens is 312 g/mol. The molecule has 1 saturated heterocycles. The normalized spacial score (nSPS) is 21.5. The number of rotatable bonds is 5. The van der Waals surface area contributed by atoms with Gasteiger partial charge in [0.25, 0.3) is 0 Å². The van der Waals surface area contributed by atoms with Gasteiger partial charge in [-0.3, -0.25) is 0 Å². The molecule has 8 heteroatoms. The number of thiophene rings is 1. The summed E-state index contributed by atoms with van der Waals surface area (Å²) >= 11 is 0.950. The van der Waals surface area contributed by atoms with E-state index in [1.807, 2.05) is 0 Å². The molecule has 0 atom stereocenters. The molecular formula is C13H18N2O4S2. The highest BCUT2D eigenvalue weighted by atomic mass is 32.2. The van der Waals surface area contributed by atoms with Crippen molar-refractivity contribution in [2.75, 3.05) is 32.7 Å². The van der Waals surface area contributed by atoms with E-state index in [-0.39, 0.29) is 9.77 Å². The van der Waals surface area contributed by atoms with Crippen molar-refractivity contribution in [3.05, 3.63) is 16.3 Å². The molecule has 1 aliphatic heterocycles. The Kier molecular flexibility index (Phi) is 4.04. The average molecular weight is 330 g/mol. The van der Waals surface area contributed by atoms with Crippen molar-refractivity contribution in [1.82, 2.24) is 9.21 Å². The Morgan fingerprint density at radius 1 is 1.29 bits per heavy atom. The molecule has 0 bridgehead atoms. The number of carboxylic acids is 1. The predicted octanol–water partition coefficient (Wildman–Crippen LogP) is 1.16. The first-order chi connectivity index (χ1) is 9.96. The monoisotopic (exact) mass is 330 g/mol. The van der Waals surface area contributed by atoms with Gasteiger partial charge < -0.3 is 10.0 Å². The number of carboxylic acid groups (broad SMARTS) is 1. The van der Waals surface area contributed by atoms with Crippen LogP contribution in [0.5, 0.6) is 0 Å². The van der Waals surface area contributed by atoms with Crippen LogP contribution in [0.4, 0.5) is 0 Å². The van der Waals surface area contributed by atoms with Crippen LogP contribution in [0.25, 0.3) is 0 Å². The standard InChI is InChI=1S/C13H18N2O4S2/c16-13(17)12-7-11(9-20-12)21(18,19)15-5-3-14(4-6-15)8-10-1-2-10/h7,9-10H,1-6,8H2,(H,16,17). The maximum Gasteiger partial charge on any atom is 0.345 e. The minimum Gasteiger partial charge on any atom is -0.477 e. The zero-order chi connectivity index (χ0) is 15.0. The molecule has 1 saturated carbocycles. The molecule has 1 aromatic heterocycles. The second-order valence-electron chi connectivity index (χ2n) is 5.60. The molecule has 0 spiro atoms. The molecule has 3 rings (SSSR count). The second kappa shape index (κ2) is 5.68.